The van der Waals surface area contributed by atoms with E-state index < -0.39 is 0 Å². The maximum Gasteiger partial charge on any atom is 0.254 e. The summed E-state index contributed by atoms with van der Waals surface area (Å²) in [5.41, 5.74) is 0.452. The van der Waals surface area contributed by atoms with Gasteiger partial charge in [-0.15, -0.1) is 0 Å². The third-order valence-corrected chi connectivity index (χ3v) is 2.94. The lowest BCUT2D eigenvalue weighted by Gasteiger charge is -2.10. The molecule has 0 aliphatic rings. The second-order valence-electron chi connectivity index (χ2n) is 3.75. The van der Waals surface area contributed by atoms with Crippen LogP contribution in [0.5, 0.6) is 11.6 Å². The fourth-order valence-electron chi connectivity index (χ4n) is 1.49. The Morgan fingerprint density at radius 3 is 2.84 bits per heavy atom. The number of benzene rings is 1. The summed E-state index contributed by atoms with van der Waals surface area (Å²) >= 11 is 3.32. The molecule has 1 heterocycles. The summed E-state index contributed by atoms with van der Waals surface area (Å²) < 4.78 is 6.31. The van der Waals surface area contributed by atoms with Crippen LogP contribution in [0.1, 0.15) is 16.2 Å². The number of amides is 1. The topological polar surface area (TPSA) is 64.1 Å². The first-order valence-electron chi connectivity index (χ1n) is 5.60. The Morgan fingerprint density at radius 1 is 1.37 bits per heavy atom. The van der Waals surface area contributed by atoms with Gasteiger partial charge < -0.3 is 10.1 Å². The van der Waals surface area contributed by atoms with Crippen molar-refractivity contribution in [2.75, 3.05) is 7.05 Å². The van der Waals surface area contributed by atoms with Crippen molar-refractivity contribution in [3.63, 3.8) is 0 Å². The van der Waals surface area contributed by atoms with Gasteiger partial charge in [0, 0.05) is 13.2 Å². The molecular weight excluding hydrogens is 310 g/mol. The van der Waals surface area contributed by atoms with Crippen molar-refractivity contribution in [2.24, 2.45) is 0 Å². The quantitative estimate of drug-likeness (QED) is 0.944. The highest BCUT2D eigenvalue weighted by molar-refractivity contribution is 9.10. The Morgan fingerprint density at radius 2 is 2.11 bits per heavy atom. The molecule has 0 saturated carbocycles. The molecule has 19 heavy (non-hydrogen) atoms. The molecule has 2 rings (SSSR count). The summed E-state index contributed by atoms with van der Waals surface area (Å²) in [5.74, 6) is 1.21. The van der Waals surface area contributed by atoms with E-state index >= 15 is 0 Å². The molecule has 98 valence electrons. The molecule has 0 atom stereocenters. The van der Waals surface area contributed by atoms with Crippen LogP contribution in [0.15, 0.2) is 34.9 Å². The molecule has 1 aromatic carbocycles. The molecule has 6 heteroatoms. The van der Waals surface area contributed by atoms with Crippen molar-refractivity contribution in [2.45, 2.75) is 6.92 Å². The molecule has 0 fully saturated rings. The van der Waals surface area contributed by atoms with Gasteiger partial charge in [0.05, 0.1) is 10.0 Å². The number of rotatable bonds is 3. The Hall–Kier alpha value is -1.95. The first kappa shape index (κ1) is 13.5. The second kappa shape index (κ2) is 5.79. The standard InChI is InChI=1S/C13H12BrN3O2/c1-8-16-7-10(14)13(17-8)19-11-6-4-3-5-9(11)12(18)15-2/h3-7H,1-2H3,(H,15,18). The van der Waals surface area contributed by atoms with Crippen molar-refractivity contribution in [3.05, 3.63) is 46.3 Å². The second-order valence-corrected chi connectivity index (χ2v) is 4.60. The number of ether oxygens (including phenoxy) is 1. The highest BCUT2D eigenvalue weighted by atomic mass is 79.9. The molecule has 0 unspecified atom stereocenters. The minimum Gasteiger partial charge on any atom is -0.437 e. The van der Waals surface area contributed by atoms with Crippen molar-refractivity contribution in [1.29, 1.82) is 0 Å². The number of hydrogen-bond acceptors (Lipinski definition) is 4. The van der Waals surface area contributed by atoms with Gasteiger partial charge in [-0.3, -0.25) is 4.79 Å². The summed E-state index contributed by atoms with van der Waals surface area (Å²) in [7, 11) is 1.57. The zero-order valence-corrected chi connectivity index (χ0v) is 12.1. The summed E-state index contributed by atoms with van der Waals surface area (Å²) in [6.45, 7) is 1.77. The van der Waals surface area contributed by atoms with E-state index in [9.17, 15) is 4.79 Å². The third kappa shape index (κ3) is 3.08. The molecule has 0 radical (unpaired) electrons. The highest BCUT2D eigenvalue weighted by Crippen LogP contribution is 2.29. The number of nitrogens with one attached hydrogen (secondary N) is 1. The number of aryl methyl sites for hydroxylation is 1. The van der Waals surface area contributed by atoms with E-state index in [0.29, 0.717) is 27.5 Å². The van der Waals surface area contributed by atoms with Gasteiger partial charge in [0.2, 0.25) is 5.88 Å². The van der Waals surface area contributed by atoms with Crippen LogP contribution in [-0.2, 0) is 0 Å². The molecule has 0 spiro atoms. The zero-order valence-electron chi connectivity index (χ0n) is 10.5. The van der Waals surface area contributed by atoms with E-state index in [2.05, 4.69) is 31.2 Å². The van der Waals surface area contributed by atoms with E-state index in [0.717, 1.165) is 0 Å². The molecule has 0 aliphatic heterocycles. The Labute approximate surface area is 119 Å². The summed E-state index contributed by atoms with van der Waals surface area (Å²) in [5, 5.41) is 2.57. The Balaban J connectivity index is 2.38. The lowest BCUT2D eigenvalue weighted by Crippen LogP contribution is -2.18. The van der Waals surface area contributed by atoms with E-state index in [1.54, 1.807) is 44.4 Å². The average Bonchev–Trinajstić information content (AvgIpc) is 2.42. The molecule has 0 bridgehead atoms. The lowest BCUT2D eigenvalue weighted by atomic mass is 10.2. The molecule has 2 aromatic rings. The predicted octanol–water partition coefficient (Wildman–Crippen LogP) is 2.70. The van der Waals surface area contributed by atoms with Crippen LogP contribution >= 0.6 is 15.9 Å². The first-order chi connectivity index (χ1) is 9.11. The van der Waals surface area contributed by atoms with Gasteiger partial charge >= 0.3 is 0 Å². The predicted molar refractivity (Wildman–Crippen MR) is 74.4 cm³/mol. The van der Waals surface area contributed by atoms with Crippen LogP contribution in [0.25, 0.3) is 0 Å². The van der Waals surface area contributed by atoms with Crippen molar-refractivity contribution in [1.82, 2.24) is 15.3 Å². The fourth-order valence-corrected chi connectivity index (χ4v) is 1.76. The minimum absolute atomic E-state index is 0.211. The molecule has 0 aliphatic carbocycles. The van der Waals surface area contributed by atoms with Gasteiger partial charge in [-0.2, -0.15) is 4.98 Å². The smallest absolute Gasteiger partial charge is 0.254 e. The maximum atomic E-state index is 11.7. The number of nitrogens with zero attached hydrogens (tertiary/aromatic N) is 2. The number of aromatic nitrogens is 2. The SMILES string of the molecule is CNC(=O)c1ccccc1Oc1nc(C)ncc1Br. The third-order valence-electron chi connectivity index (χ3n) is 2.40. The van der Waals surface area contributed by atoms with E-state index in [4.69, 9.17) is 4.74 Å². The van der Waals surface area contributed by atoms with Crippen molar-refractivity contribution in [3.8, 4) is 11.6 Å². The molecular formula is C13H12BrN3O2. The van der Waals surface area contributed by atoms with Crippen molar-refractivity contribution < 1.29 is 9.53 Å². The van der Waals surface area contributed by atoms with E-state index in [-0.39, 0.29) is 5.91 Å². The number of carbonyl (C=O) groups is 1. The summed E-state index contributed by atoms with van der Waals surface area (Å²) in [4.78, 5) is 20.0. The van der Waals surface area contributed by atoms with Gasteiger partial charge in [0.15, 0.2) is 0 Å². The first-order valence-corrected chi connectivity index (χ1v) is 6.39. The van der Waals surface area contributed by atoms with Crippen LogP contribution in [0.4, 0.5) is 0 Å². The monoisotopic (exact) mass is 321 g/mol. The fraction of sp³-hybridized carbons (Fsp3) is 0.154. The Bertz CT molecular complexity index is 617. The van der Waals surface area contributed by atoms with E-state index in [1.807, 2.05) is 0 Å². The van der Waals surface area contributed by atoms with Crippen LogP contribution in [0.2, 0.25) is 0 Å². The van der Waals surface area contributed by atoms with E-state index in [1.165, 1.54) is 0 Å². The maximum absolute atomic E-state index is 11.7. The normalized spacial score (nSPS) is 10.1. The van der Waals surface area contributed by atoms with Crippen LogP contribution < -0.4 is 10.1 Å². The molecule has 1 N–H and O–H groups in total. The molecule has 5 nitrogen and oxygen atoms in total. The minimum atomic E-state index is -0.211. The summed E-state index contributed by atoms with van der Waals surface area (Å²) in [6.07, 6.45) is 1.61. The number of halogens is 1. The number of hydrogen-bond donors (Lipinski definition) is 1. The van der Waals surface area contributed by atoms with Gasteiger partial charge in [0.25, 0.3) is 5.91 Å². The molecule has 0 saturated heterocycles. The van der Waals surface area contributed by atoms with Gasteiger partial charge in [-0.1, -0.05) is 12.1 Å². The number of carbonyl (C=O) groups excluding carboxylic acids is 1. The largest absolute Gasteiger partial charge is 0.437 e. The van der Waals surface area contributed by atoms with Crippen LogP contribution in [0.3, 0.4) is 0 Å². The van der Waals surface area contributed by atoms with Crippen LogP contribution in [0, 0.1) is 6.92 Å². The van der Waals surface area contributed by atoms with Gasteiger partial charge in [0.1, 0.15) is 11.6 Å². The summed E-state index contributed by atoms with van der Waals surface area (Å²) in [6, 6.07) is 6.98. The molecule has 1 amide bonds. The molecule has 1 aromatic heterocycles. The van der Waals surface area contributed by atoms with Crippen LogP contribution in [-0.4, -0.2) is 22.9 Å². The number of para-hydroxylation sites is 1. The van der Waals surface area contributed by atoms with Gasteiger partial charge in [-0.05, 0) is 35.0 Å². The van der Waals surface area contributed by atoms with Gasteiger partial charge in [-0.25, -0.2) is 4.98 Å². The van der Waals surface area contributed by atoms with Crippen molar-refractivity contribution >= 4 is 21.8 Å². The lowest BCUT2D eigenvalue weighted by molar-refractivity contribution is 0.0960. The Kier molecular flexibility index (Phi) is 4.11. The zero-order chi connectivity index (χ0) is 13.8. The highest BCUT2D eigenvalue weighted by Gasteiger charge is 2.13. The average molecular weight is 322 g/mol.